The molecule has 9 heteroatoms. The summed E-state index contributed by atoms with van der Waals surface area (Å²) in [5.74, 6) is -0.959. The van der Waals surface area contributed by atoms with Crippen molar-refractivity contribution in [1.29, 1.82) is 0 Å². The van der Waals surface area contributed by atoms with Crippen LogP contribution in [0.3, 0.4) is 0 Å². The Labute approximate surface area is 216 Å². The van der Waals surface area contributed by atoms with Gasteiger partial charge in [0.2, 0.25) is 0 Å². The highest BCUT2D eigenvalue weighted by Gasteiger charge is 2.33. The molecule has 0 spiro atoms. The van der Waals surface area contributed by atoms with Gasteiger partial charge < -0.3 is 4.74 Å². The van der Waals surface area contributed by atoms with Crippen molar-refractivity contribution in [1.82, 2.24) is 14.3 Å². The van der Waals surface area contributed by atoms with E-state index in [0.29, 0.717) is 20.6 Å². The van der Waals surface area contributed by atoms with Gasteiger partial charge in [-0.1, -0.05) is 41.7 Å². The van der Waals surface area contributed by atoms with E-state index in [9.17, 15) is 14.0 Å². The number of para-hydroxylation sites is 1. The minimum atomic E-state index is -0.785. The van der Waals surface area contributed by atoms with Crippen LogP contribution in [0.4, 0.5) is 4.39 Å². The van der Waals surface area contributed by atoms with E-state index in [0.717, 1.165) is 22.6 Å². The van der Waals surface area contributed by atoms with Gasteiger partial charge in [-0.15, -0.1) is 0 Å². The van der Waals surface area contributed by atoms with E-state index < -0.39 is 17.8 Å². The summed E-state index contributed by atoms with van der Waals surface area (Å²) in [4.78, 5) is 31.8. The molecule has 0 amide bonds. The highest BCUT2D eigenvalue weighted by molar-refractivity contribution is 7.07. The summed E-state index contributed by atoms with van der Waals surface area (Å²) in [7, 11) is 0. The van der Waals surface area contributed by atoms with Gasteiger partial charge in [0, 0.05) is 11.3 Å². The Morgan fingerprint density at radius 1 is 1.11 bits per heavy atom. The molecule has 4 aromatic rings. The summed E-state index contributed by atoms with van der Waals surface area (Å²) in [6, 6.07) is 14.8. The predicted octanol–water partition coefficient (Wildman–Crippen LogP) is 3.74. The Balaban J connectivity index is 1.70. The topological polar surface area (TPSA) is 78.5 Å². The van der Waals surface area contributed by atoms with Crippen LogP contribution < -0.4 is 14.9 Å². The highest BCUT2D eigenvalue weighted by atomic mass is 32.1. The largest absolute Gasteiger partial charge is 0.463 e. The fourth-order valence-electron chi connectivity index (χ4n) is 4.57. The number of ether oxygens (including phenoxy) is 1. The van der Waals surface area contributed by atoms with Gasteiger partial charge in [-0.25, -0.2) is 18.9 Å². The molecule has 37 heavy (non-hydrogen) atoms. The van der Waals surface area contributed by atoms with Crippen LogP contribution >= 0.6 is 11.3 Å². The minimum absolute atomic E-state index is 0.181. The van der Waals surface area contributed by atoms with Crippen molar-refractivity contribution in [2.45, 2.75) is 33.7 Å². The molecule has 188 valence electrons. The van der Waals surface area contributed by atoms with Crippen LogP contribution in [-0.2, 0) is 9.53 Å². The number of hydrogen-bond donors (Lipinski definition) is 0. The molecule has 2 aromatic heterocycles. The lowest BCUT2D eigenvalue weighted by Crippen LogP contribution is -2.40. The van der Waals surface area contributed by atoms with Crippen molar-refractivity contribution in [3.63, 3.8) is 0 Å². The van der Waals surface area contributed by atoms with Crippen molar-refractivity contribution in [3.8, 4) is 5.69 Å². The maximum atomic E-state index is 13.8. The van der Waals surface area contributed by atoms with Crippen molar-refractivity contribution in [2.75, 3.05) is 6.61 Å². The average Bonchev–Trinajstić information content (AvgIpc) is 3.34. The Bertz CT molecular complexity index is 1710. The first-order chi connectivity index (χ1) is 17.8. The number of fused-ring (bicyclic) bond motifs is 1. The summed E-state index contributed by atoms with van der Waals surface area (Å²) < 4.78 is 22.8. The molecule has 0 saturated carbocycles. The molecule has 7 nitrogen and oxygen atoms in total. The van der Waals surface area contributed by atoms with Crippen LogP contribution in [0.15, 0.2) is 75.7 Å². The molecule has 2 aromatic carbocycles. The van der Waals surface area contributed by atoms with Crippen molar-refractivity contribution in [3.05, 3.63) is 114 Å². The van der Waals surface area contributed by atoms with E-state index in [4.69, 9.17) is 4.74 Å². The molecule has 0 N–H and O–H groups in total. The van der Waals surface area contributed by atoms with Crippen LogP contribution in [0.1, 0.15) is 42.4 Å². The maximum Gasteiger partial charge on any atom is 0.338 e. The van der Waals surface area contributed by atoms with Gasteiger partial charge in [0.15, 0.2) is 4.80 Å². The molecular weight excluding hydrogens is 491 g/mol. The minimum Gasteiger partial charge on any atom is -0.463 e. The number of halogens is 1. The molecule has 0 saturated heterocycles. The number of carbonyl (C=O) groups is 1. The molecule has 5 rings (SSSR count). The van der Waals surface area contributed by atoms with E-state index >= 15 is 0 Å². The Morgan fingerprint density at radius 2 is 1.81 bits per heavy atom. The van der Waals surface area contributed by atoms with Gasteiger partial charge >= 0.3 is 5.97 Å². The monoisotopic (exact) mass is 516 g/mol. The van der Waals surface area contributed by atoms with Crippen LogP contribution in [0.25, 0.3) is 11.8 Å². The molecular formula is C28H25FN4O3S. The molecule has 0 bridgehead atoms. The number of esters is 1. The van der Waals surface area contributed by atoms with E-state index in [1.807, 2.05) is 54.9 Å². The summed E-state index contributed by atoms with van der Waals surface area (Å²) in [5, 5.41) is 4.68. The third-order valence-corrected chi connectivity index (χ3v) is 7.31. The molecule has 3 heterocycles. The summed E-state index contributed by atoms with van der Waals surface area (Å²) in [6.07, 6.45) is 1.83. The number of thiazole rings is 1. The summed E-state index contributed by atoms with van der Waals surface area (Å²) >= 11 is 1.24. The smallest absolute Gasteiger partial charge is 0.338 e. The third-order valence-electron chi connectivity index (χ3n) is 6.33. The Morgan fingerprint density at radius 3 is 2.49 bits per heavy atom. The third kappa shape index (κ3) is 4.35. The molecule has 0 unspecified atom stereocenters. The lowest BCUT2D eigenvalue weighted by molar-refractivity contribution is -0.139. The summed E-state index contributed by atoms with van der Waals surface area (Å²) in [5.41, 5.74) is 4.47. The number of rotatable bonds is 5. The second kappa shape index (κ2) is 9.74. The standard InChI is InChI=1S/C28H25FN4O3S/c1-5-36-27(35)24-17(3)30-28-32(25(24)19-11-13-20(29)14-12-19)26(34)23(37-28)15-22-16(2)31-33(18(22)4)21-9-7-6-8-10-21/h6-15,25H,5H2,1-4H3/b23-15-/t25-/m1/s1. The summed E-state index contributed by atoms with van der Waals surface area (Å²) in [6.45, 7) is 7.48. The Hall–Kier alpha value is -4.11. The quantitative estimate of drug-likeness (QED) is 0.379. The number of nitrogens with zero attached hydrogens (tertiary/aromatic N) is 4. The second-order valence-corrected chi connectivity index (χ2v) is 9.69. The van der Waals surface area contributed by atoms with E-state index in [1.54, 1.807) is 26.0 Å². The van der Waals surface area contributed by atoms with Crippen molar-refractivity contribution in [2.24, 2.45) is 4.99 Å². The molecule has 0 radical (unpaired) electrons. The maximum absolute atomic E-state index is 13.8. The number of hydrogen-bond acceptors (Lipinski definition) is 6. The number of aryl methyl sites for hydroxylation is 1. The van der Waals surface area contributed by atoms with Gasteiger partial charge in [-0.3, -0.25) is 9.36 Å². The lowest BCUT2D eigenvalue weighted by Gasteiger charge is -2.24. The number of allylic oxidation sites excluding steroid dienone is 1. The first kappa shape index (κ1) is 24.6. The first-order valence-corrected chi connectivity index (χ1v) is 12.7. The second-order valence-electron chi connectivity index (χ2n) is 8.69. The zero-order chi connectivity index (χ0) is 26.3. The Kier molecular flexibility index (Phi) is 6.47. The van der Waals surface area contributed by atoms with Gasteiger partial charge in [-0.05, 0) is 63.6 Å². The fourth-order valence-corrected chi connectivity index (χ4v) is 5.60. The highest BCUT2D eigenvalue weighted by Crippen LogP contribution is 2.30. The molecule has 1 aliphatic heterocycles. The number of aromatic nitrogens is 3. The zero-order valence-electron chi connectivity index (χ0n) is 20.9. The van der Waals surface area contributed by atoms with Crippen LogP contribution in [-0.4, -0.2) is 26.9 Å². The lowest BCUT2D eigenvalue weighted by atomic mass is 9.96. The first-order valence-electron chi connectivity index (χ1n) is 11.9. The predicted molar refractivity (Wildman–Crippen MR) is 140 cm³/mol. The van der Waals surface area contributed by atoms with Crippen LogP contribution in [0.5, 0.6) is 0 Å². The average molecular weight is 517 g/mol. The van der Waals surface area contributed by atoms with E-state index in [2.05, 4.69) is 10.1 Å². The van der Waals surface area contributed by atoms with Gasteiger partial charge in [0.05, 0.1) is 39.8 Å². The molecule has 1 aliphatic rings. The van der Waals surface area contributed by atoms with E-state index in [1.165, 1.54) is 28.0 Å². The zero-order valence-corrected chi connectivity index (χ0v) is 21.7. The number of benzene rings is 2. The number of carbonyl (C=O) groups excluding carboxylic acids is 1. The van der Waals surface area contributed by atoms with Gasteiger partial charge in [-0.2, -0.15) is 5.10 Å². The molecule has 0 fully saturated rings. The van der Waals surface area contributed by atoms with E-state index in [-0.39, 0.29) is 17.7 Å². The van der Waals surface area contributed by atoms with Gasteiger partial charge in [0.1, 0.15) is 5.82 Å². The van der Waals surface area contributed by atoms with Crippen LogP contribution in [0, 0.1) is 19.7 Å². The van der Waals surface area contributed by atoms with Crippen molar-refractivity contribution >= 4 is 23.4 Å². The molecule has 0 aliphatic carbocycles. The van der Waals surface area contributed by atoms with Crippen molar-refractivity contribution < 1.29 is 13.9 Å². The normalized spacial score (nSPS) is 15.5. The van der Waals surface area contributed by atoms with Crippen LogP contribution in [0.2, 0.25) is 0 Å². The van der Waals surface area contributed by atoms with Gasteiger partial charge in [0.25, 0.3) is 5.56 Å². The fraction of sp³-hybridized carbons (Fsp3) is 0.214. The molecule has 1 atom stereocenters. The SMILES string of the molecule is CCOC(=O)C1=C(C)N=c2s/c(=C\c3c(C)nn(-c4ccccc4)c3C)c(=O)n2[C@@H]1c1ccc(F)cc1.